The first-order valence-electron chi connectivity index (χ1n) is 7.11. The molecular formula is C13H21N5O2. The number of rotatable bonds is 4. The maximum Gasteiger partial charge on any atom is 0.241 e. The molecule has 2 saturated heterocycles. The number of nitrogens with one attached hydrogen (secondary N) is 1. The van der Waals surface area contributed by atoms with Crippen LogP contribution >= 0.6 is 0 Å². The number of ether oxygens (including phenoxy) is 1. The van der Waals surface area contributed by atoms with E-state index in [2.05, 4.69) is 15.3 Å². The van der Waals surface area contributed by atoms with Gasteiger partial charge in [0, 0.05) is 25.3 Å². The second-order valence-corrected chi connectivity index (χ2v) is 5.52. The summed E-state index contributed by atoms with van der Waals surface area (Å²) >= 11 is 0. The molecule has 1 amide bonds. The number of nitrogens with zero attached hydrogens (tertiary/aromatic N) is 3. The lowest BCUT2D eigenvalue weighted by Crippen LogP contribution is -2.50. The smallest absolute Gasteiger partial charge is 0.241 e. The van der Waals surface area contributed by atoms with Gasteiger partial charge >= 0.3 is 0 Å². The summed E-state index contributed by atoms with van der Waals surface area (Å²) in [6.07, 6.45) is 5.76. The van der Waals surface area contributed by atoms with Crippen LogP contribution in [0.4, 0.5) is 5.69 Å². The van der Waals surface area contributed by atoms with Gasteiger partial charge in [-0.2, -0.15) is 5.10 Å². The molecule has 1 aromatic heterocycles. The molecule has 20 heavy (non-hydrogen) atoms. The van der Waals surface area contributed by atoms with E-state index in [4.69, 9.17) is 10.5 Å². The summed E-state index contributed by atoms with van der Waals surface area (Å²) in [6.45, 7) is 3.61. The number of carbonyl (C=O) groups is 1. The highest BCUT2D eigenvalue weighted by atomic mass is 16.5. The minimum absolute atomic E-state index is 0.0692. The summed E-state index contributed by atoms with van der Waals surface area (Å²) < 4.78 is 7.33. The Morgan fingerprint density at radius 2 is 2.50 bits per heavy atom. The summed E-state index contributed by atoms with van der Waals surface area (Å²) in [4.78, 5) is 14.3. The molecule has 7 heteroatoms. The van der Waals surface area contributed by atoms with E-state index in [9.17, 15) is 4.79 Å². The third kappa shape index (κ3) is 3.10. The van der Waals surface area contributed by atoms with Gasteiger partial charge in [-0.1, -0.05) is 0 Å². The van der Waals surface area contributed by atoms with Crippen molar-refractivity contribution in [3.63, 3.8) is 0 Å². The predicted octanol–water partition coefficient (Wildman–Crippen LogP) is -0.555. The van der Waals surface area contributed by atoms with Gasteiger partial charge in [0.05, 0.1) is 24.6 Å². The van der Waals surface area contributed by atoms with Crippen molar-refractivity contribution in [2.45, 2.75) is 31.5 Å². The highest BCUT2D eigenvalue weighted by Crippen LogP contribution is 2.22. The molecular weight excluding hydrogens is 258 g/mol. The standard InChI is InChI=1S/C13H21N5O2/c14-10-4-16-18(6-10)8-13(19)15-5-12-7-17-3-1-2-11(17)9-20-12/h4,6,11-12H,1-3,5,7-9,14H2,(H,15,19). The molecule has 2 fully saturated rings. The number of aromatic nitrogens is 2. The Morgan fingerprint density at radius 3 is 3.30 bits per heavy atom. The van der Waals surface area contributed by atoms with Gasteiger partial charge in [0.1, 0.15) is 6.54 Å². The molecule has 2 aliphatic rings. The first-order chi connectivity index (χ1) is 9.70. The molecule has 110 valence electrons. The fraction of sp³-hybridized carbons (Fsp3) is 0.692. The van der Waals surface area contributed by atoms with E-state index in [0.717, 1.165) is 19.7 Å². The first-order valence-corrected chi connectivity index (χ1v) is 7.11. The molecule has 3 N–H and O–H groups in total. The number of nitrogens with two attached hydrogens (primary N) is 1. The van der Waals surface area contributed by atoms with Crippen LogP contribution in [0.25, 0.3) is 0 Å². The van der Waals surface area contributed by atoms with E-state index >= 15 is 0 Å². The van der Waals surface area contributed by atoms with Gasteiger partial charge in [-0.3, -0.25) is 14.4 Å². The molecule has 2 aliphatic heterocycles. The van der Waals surface area contributed by atoms with Crippen LogP contribution < -0.4 is 11.1 Å². The van der Waals surface area contributed by atoms with Crippen LogP contribution in [0.3, 0.4) is 0 Å². The molecule has 3 rings (SSSR count). The molecule has 0 radical (unpaired) electrons. The van der Waals surface area contributed by atoms with Crippen molar-refractivity contribution in [2.75, 3.05) is 32.0 Å². The largest absolute Gasteiger partial charge is 0.396 e. The van der Waals surface area contributed by atoms with Crippen LogP contribution in [0.2, 0.25) is 0 Å². The fourth-order valence-corrected chi connectivity index (χ4v) is 2.91. The fourth-order valence-electron chi connectivity index (χ4n) is 2.91. The van der Waals surface area contributed by atoms with Gasteiger partial charge in [-0.05, 0) is 19.4 Å². The zero-order chi connectivity index (χ0) is 13.9. The van der Waals surface area contributed by atoms with Gasteiger partial charge in [0.2, 0.25) is 5.91 Å². The quantitative estimate of drug-likeness (QED) is 0.772. The molecule has 0 spiro atoms. The average molecular weight is 279 g/mol. The molecule has 0 bridgehead atoms. The number of nitrogen functional groups attached to an aromatic ring is 1. The van der Waals surface area contributed by atoms with Gasteiger partial charge in [0.15, 0.2) is 0 Å². The number of morpholine rings is 1. The highest BCUT2D eigenvalue weighted by Gasteiger charge is 2.32. The van der Waals surface area contributed by atoms with Crippen LogP contribution in [-0.2, 0) is 16.1 Å². The van der Waals surface area contributed by atoms with Crippen molar-refractivity contribution in [2.24, 2.45) is 0 Å². The third-order valence-corrected chi connectivity index (χ3v) is 3.95. The second-order valence-electron chi connectivity index (χ2n) is 5.52. The maximum absolute atomic E-state index is 11.8. The number of fused-ring (bicyclic) bond motifs is 1. The van der Waals surface area contributed by atoms with Crippen LogP contribution in [0, 0.1) is 0 Å². The molecule has 2 unspecified atom stereocenters. The Balaban J connectivity index is 1.41. The van der Waals surface area contributed by atoms with Crippen molar-refractivity contribution >= 4 is 11.6 Å². The van der Waals surface area contributed by atoms with E-state index in [-0.39, 0.29) is 18.6 Å². The highest BCUT2D eigenvalue weighted by molar-refractivity contribution is 5.75. The average Bonchev–Trinajstić information content (AvgIpc) is 3.04. The SMILES string of the molecule is Nc1cnn(CC(=O)NCC2CN3CCCC3CO2)c1. The lowest BCUT2D eigenvalue weighted by molar-refractivity contribution is -0.123. The van der Waals surface area contributed by atoms with Gasteiger partial charge in [0.25, 0.3) is 0 Å². The van der Waals surface area contributed by atoms with Gasteiger partial charge in [-0.25, -0.2) is 0 Å². The summed E-state index contributed by atoms with van der Waals surface area (Å²) in [5.41, 5.74) is 6.12. The Hall–Kier alpha value is -1.60. The van der Waals surface area contributed by atoms with E-state index in [1.54, 1.807) is 6.20 Å². The molecule has 0 aliphatic carbocycles. The molecule has 1 aromatic rings. The molecule has 3 heterocycles. The van der Waals surface area contributed by atoms with Gasteiger partial charge in [-0.15, -0.1) is 0 Å². The predicted molar refractivity (Wildman–Crippen MR) is 74.0 cm³/mol. The second kappa shape index (κ2) is 5.80. The number of anilines is 1. The zero-order valence-corrected chi connectivity index (χ0v) is 11.5. The first kappa shape index (κ1) is 13.4. The minimum atomic E-state index is -0.0692. The number of hydrogen-bond donors (Lipinski definition) is 2. The van der Waals surface area contributed by atoms with Crippen molar-refractivity contribution in [1.82, 2.24) is 20.0 Å². The van der Waals surface area contributed by atoms with E-state index in [1.165, 1.54) is 23.7 Å². The Bertz CT molecular complexity index is 475. The van der Waals surface area contributed by atoms with E-state index in [0.29, 0.717) is 18.3 Å². The van der Waals surface area contributed by atoms with Crippen molar-refractivity contribution in [1.29, 1.82) is 0 Å². The normalized spacial score (nSPS) is 26.4. The topological polar surface area (TPSA) is 85.4 Å². The lowest BCUT2D eigenvalue weighted by atomic mass is 10.2. The molecule has 2 atom stereocenters. The summed E-state index contributed by atoms with van der Waals surface area (Å²) in [7, 11) is 0. The van der Waals surface area contributed by atoms with E-state index in [1.807, 2.05) is 0 Å². The number of carbonyl (C=O) groups excluding carboxylic acids is 1. The van der Waals surface area contributed by atoms with Gasteiger partial charge < -0.3 is 15.8 Å². The Kier molecular flexibility index (Phi) is 3.88. The number of amides is 1. The lowest BCUT2D eigenvalue weighted by Gasteiger charge is -2.35. The van der Waals surface area contributed by atoms with Crippen LogP contribution in [-0.4, -0.2) is 59.0 Å². The maximum atomic E-state index is 11.8. The summed E-state index contributed by atoms with van der Waals surface area (Å²) in [5, 5.41) is 6.88. The minimum Gasteiger partial charge on any atom is -0.396 e. The Morgan fingerprint density at radius 1 is 1.60 bits per heavy atom. The molecule has 0 saturated carbocycles. The van der Waals surface area contributed by atoms with Crippen molar-refractivity contribution in [3.05, 3.63) is 12.4 Å². The van der Waals surface area contributed by atoms with Crippen LogP contribution in [0.5, 0.6) is 0 Å². The van der Waals surface area contributed by atoms with Crippen LogP contribution in [0.15, 0.2) is 12.4 Å². The Labute approximate surface area is 118 Å². The molecule has 0 aromatic carbocycles. The monoisotopic (exact) mass is 279 g/mol. The van der Waals surface area contributed by atoms with Crippen molar-refractivity contribution in [3.8, 4) is 0 Å². The van der Waals surface area contributed by atoms with E-state index < -0.39 is 0 Å². The molecule has 7 nitrogen and oxygen atoms in total. The third-order valence-electron chi connectivity index (χ3n) is 3.95. The zero-order valence-electron chi connectivity index (χ0n) is 11.5. The summed E-state index contributed by atoms with van der Waals surface area (Å²) in [6, 6.07) is 0.592. The summed E-state index contributed by atoms with van der Waals surface area (Å²) in [5.74, 6) is -0.0692. The van der Waals surface area contributed by atoms with Crippen LogP contribution in [0.1, 0.15) is 12.8 Å². The number of hydrogen-bond acceptors (Lipinski definition) is 5. The van der Waals surface area contributed by atoms with Crippen molar-refractivity contribution < 1.29 is 9.53 Å².